The molecule has 0 radical (unpaired) electrons. The number of nitrogens with zero attached hydrogens (tertiary/aromatic N) is 2. The van der Waals surface area contributed by atoms with Crippen LogP contribution in [0.3, 0.4) is 0 Å². The number of carbonyl (C=O) groups is 1. The summed E-state index contributed by atoms with van der Waals surface area (Å²) >= 11 is 6.42. The minimum absolute atomic E-state index is 0.289. The molecule has 1 unspecified atom stereocenters. The molecular weight excluding hydrogens is 320 g/mol. The van der Waals surface area contributed by atoms with Crippen LogP contribution in [-0.4, -0.2) is 41.8 Å². The van der Waals surface area contributed by atoms with Crippen LogP contribution in [0.1, 0.15) is 37.3 Å². The van der Waals surface area contributed by atoms with Crippen LogP contribution in [0.25, 0.3) is 5.70 Å². The molecule has 1 N–H and O–H groups in total. The first-order valence-corrected chi connectivity index (χ1v) is 7.84. The summed E-state index contributed by atoms with van der Waals surface area (Å²) in [5.74, 6) is -0.379. The van der Waals surface area contributed by atoms with Crippen molar-refractivity contribution in [2.24, 2.45) is 0 Å². The van der Waals surface area contributed by atoms with Crippen LogP contribution in [0.5, 0.6) is 5.88 Å². The van der Waals surface area contributed by atoms with Gasteiger partial charge in [-0.1, -0.05) is 11.6 Å². The Labute approximate surface area is 139 Å². The monoisotopic (exact) mass is 338 g/mol. The normalized spacial score (nSPS) is 23.3. The van der Waals surface area contributed by atoms with Crippen LogP contribution in [0.2, 0.25) is 5.15 Å². The first-order chi connectivity index (χ1) is 10.9. The van der Waals surface area contributed by atoms with Gasteiger partial charge in [0.05, 0.1) is 12.5 Å². The van der Waals surface area contributed by atoms with Gasteiger partial charge < -0.3 is 14.5 Å². The summed E-state index contributed by atoms with van der Waals surface area (Å²) in [7, 11) is 3.50. The highest BCUT2D eigenvalue weighted by molar-refractivity contribution is 6.31. The molecule has 2 heterocycles. The molecule has 0 spiro atoms. The SMILES string of the molecule is COc1cc2c(c(Cl)n1)C1=C(CCCN1C)CC2(C)C(=O)OO. The molecule has 0 aromatic carbocycles. The van der Waals surface area contributed by atoms with E-state index in [1.165, 1.54) is 7.11 Å². The van der Waals surface area contributed by atoms with Crippen molar-refractivity contribution in [1.29, 1.82) is 0 Å². The minimum Gasteiger partial charge on any atom is -0.481 e. The molecule has 1 aliphatic heterocycles. The van der Waals surface area contributed by atoms with Gasteiger partial charge >= 0.3 is 5.97 Å². The van der Waals surface area contributed by atoms with E-state index < -0.39 is 11.4 Å². The molecule has 1 aromatic heterocycles. The van der Waals surface area contributed by atoms with Crippen molar-refractivity contribution >= 4 is 23.3 Å². The average Bonchev–Trinajstić information content (AvgIpc) is 2.54. The second-order valence-corrected chi connectivity index (χ2v) is 6.60. The Morgan fingerprint density at radius 2 is 2.26 bits per heavy atom. The lowest BCUT2D eigenvalue weighted by Crippen LogP contribution is -2.40. The largest absolute Gasteiger partial charge is 0.481 e. The van der Waals surface area contributed by atoms with Gasteiger partial charge in [0, 0.05) is 30.9 Å². The number of methoxy groups -OCH3 is 1. The zero-order valence-corrected chi connectivity index (χ0v) is 14.1. The molecule has 6 nitrogen and oxygen atoms in total. The lowest BCUT2D eigenvalue weighted by atomic mass is 9.69. The molecule has 0 saturated carbocycles. The lowest BCUT2D eigenvalue weighted by Gasteiger charge is -2.41. The van der Waals surface area contributed by atoms with Crippen LogP contribution in [0.4, 0.5) is 0 Å². The first kappa shape index (κ1) is 16.1. The summed E-state index contributed by atoms with van der Waals surface area (Å²) in [6, 6.07) is 1.70. The molecule has 1 aromatic rings. The Balaban J connectivity index is 2.31. The van der Waals surface area contributed by atoms with Crippen LogP contribution in [0.15, 0.2) is 11.6 Å². The van der Waals surface area contributed by atoms with E-state index in [2.05, 4.69) is 14.8 Å². The van der Waals surface area contributed by atoms with Crippen LogP contribution in [-0.2, 0) is 15.1 Å². The second kappa shape index (κ2) is 5.69. The number of hydrogen-bond donors (Lipinski definition) is 1. The predicted molar refractivity (Wildman–Crippen MR) is 85.3 cm³/mol. The maximum absolute atomic E-state index is 12.3. The Bertz CT molecular complexity index is 704. The van der Waals surface area contributed by atoms with Crippen molar-refractivity contribution in [2.75, 3.05) is 20.7 Å². The molecule has 0 saturated heterocycles. The Morgan fingerprint density at radius 1 is 1.52 bits per heavy atom. The number of rotatable bonds is 2. The van der Waals surface area contributed by atoms with E-state index in [4.69, 9.17) is 21.6 Å². The molecule has 1 aliphatic carbocycles. The van der Waals surface area contributed by atoms with E-state index >= 15 is 0 Å². The number of aromatic nitrogens is 1. The van der Waals surface area contributed by atoms with Gasteiger partial charge in [-0.05, 0) is 37.3 Å². The Morgan fingerprint density at radius 3 is 2.91 bits per heavy atom. The molecule has 0 fully saturated rings. The summed E-state index contributed by atoms with van der Waals surface area (Å²) in [5, 5.41) is 9.25. The quantitative estimate of drug-likeness (QED) is 0.508. The number of carbonyl (C=O) groups excluding carboxylic acids is 1. The fourth-order valence-corrected chi connectivity index (χ4v) is 3.91. The highest BCUT2D eigenvalue weighted by Gasteiger charge is 2.46. The van der Waals surface area contributed by atoms with Crippen molar-refractivity contribution in [3.8, 4) is 5.88 Å². The predicted octanol–water partition coefficient (Wildman–Crippen LogP) is 2.86. The van der Waals surface area contributed by atoms with Gasteiger partial charge in [0.1, 0.15) is 5.15 Å². The molecule has 0 amide bonds. The molecule has 23 heavy (non-hydrogen) atoms. The van der Waals surface area contributed by atoms with E-state index in [9.17, 15) is 4.79 Å². The highest BCUT2D eigenvalue weighted by atomic mass is 35.5. The summed E-state index contributed by atoms with van der Waals surface area (Å²) in [6.45, 7) is 2.67. The number of halogens is 1. The molecule has 3 rings (SSSR count). The summed E-state index contributed by atoms with van der Waals surface area (Å²) in [5.41, 5.74) is 2.52. The molecule has 1 atom stereocenters. The maximum Gasteiger partial charge on any atom is 0.352 e. The fourth-order valence-electron chi connectivity index (χ4n) is 3.63. The fraction of sp³-hybridized carbons (Fsp3) is 0.500. The smallest absolute Gasteiger partial charge is 0.352 e. The van der Waals surface area contributed by atoms with Crippen LogP contribution < -0.4 is 4.74 Å². The van der Waals surface area contributed by atoms with Gasteiger partial charge in [0.2, 0.25) is 5.88 Å². The van der Waals surface area contributed by atoms with Gasteiger partial charge in [-0.3, -0.25) is 0 Å². The number of hydrogen-bond acceptors (Lipinski definition) is 6. The van der Waals surface area contributed by atoms with E-state index in [1.807, 2.05) is 7.05 Å². The molecular formula is C16H19ClN2O4. The van der Waals surface area contributed by atoms with Crippen molar-refractivity contribution < 1.29 is 19.7 Å². The minimum atomic E-state index is -1.03. The number of pyridine rings is 1. The summed E-state index contributed by atoms with van der Waals surface area (Å²) < 4.78 is 5.19. The highest BCUT2D eigenvalue weighted by Crippen LogP contribution is 2.49. The Hall–Kier alpha value is -1.79. The van der Waals surface area contributed by atoms with Crippen molar-refractivity contribution in [2.45, 2.75) is 31.6 Å². The average molecular weight is 339 g/mol. The molecule has 2 aliphatic rings. The van der Waals surface area contributed by atoms with Crippen molar-refractivity contribution in [1.82, 2.24) is 9.88 Å². The number of ether oxygens (including phenoxy) is 1. The van der Waals surface area contributed by atoms with E-state index in [0.717, 1.165) is 36.2 Å². The van der Waals surface area contributed by atoms with Gasteiger partial charge in [0.15, 0.2) is 0 Å². The summed E-state index contributed by atoms with van der Waals surface area (Å²) in [6.07, 6.45) is 2.37. The van der Waals surface area contributed by atoms with Crippen molar-refractivity contribution in [3.05, 3.63) is 27.9 Å². The van der Waals surface area contributed by atoms with Gasteiger partial charge in [-0.25, -0.2) is 9.78 Å². The lowest BCUT2D eigenvalue weighted by molar-refractivity contribution is -0.240. The van der Waals surface area contributed by atoms with E-state index in [-0.39, 0.29) is 5.15 Å². The number of fused-ring (bicyclic) bond motifs is 2. The first-order valence-electron chi connectivity index (χ1n) is 7.46. The van der Waals surface area contributed by atoms with Gasteiger partial charge in [-0.2, -0.15) is 5.26 Å². The van der Waals surface area contributed by atoms with Gasteiger partial charge in [-0.15, -0.1) is 0 Å². The third-order valence-corrected chi connectivity index (χ3v) is 5.05. The third kappa shape index (κ3) is 2.37. The molecule has 0 bridgehead atoms. The van der Waals surface area contributed by atoms with E-state index in [0.29, 0.717) is 17.9 Å². The molecule has 124 valence electrons. The Kier molecular flexibility index (Phi) is 3.98. The summed E-state index contributed by atoms with van der Waals surface area (Å²) in [4.78, 5) is 22.8. The van der Waals surface area contributed by atoms with Crippen LogP contribution in [0, 0.1) is 0 Å². The van der Waals surface area contributed by atoms with Gasteiger partial charge in [0.25, 0.3) is 0 Å². The standard InChI is InChI=1S/C16H19ClN2O4/c1-16(15(20)23-21)8-9-5-4-6-19(2)13(9)12-10(16)7-11(22-3)18-14(12)17/h7,21H,4-6,8H2,1-3H3. The zero-order valence-electron chi connectivity index (χ0n) is 13.4. The van der Waals surface area contributed by atoms with Crippen molar-refractivity contribution in [3.63, 3.8) is 0 Å². The topological polar surface area (TPSA) is 71.9 Å². The second-order valence-electron chi connectivity index (χ2n) is 6.24. The maximum atomic E-state index is 12.3. The van der Waals surface area contributed by atoms with E-state index in [1.54, 1.807) is 13.0 Å². The third-order valence-electron chi connectivity index (χ3n) is 4.78. The molecule has 7 heteroatoms. The zero-order chi connectivity index (χ0) is 16.8. The number of allylic oxidation sites excluding steroid dienone is 1. The van der Waals surface area contributed by atoms with Crippen LogP contribution >= 0.6 is 11.6 Å².